The lowest BCUT2D eigenvalue weighted by atomic mass is 10.00. The van der Waals surface area contributed by atoms with Gasteiger partial charge in [-0.15, -0.1) is 0 Å². The molecule has 3 rings (SSSR count). The van der Waals surface area contributed by atoms with Crippen LogP contribution in [0.4, 0.5) is 0 Å². The van der Waals surface area contributed by atoms with Crippen molar-refractivity contribution >= 4 is 18.4 Å². The van der Waals surface area contributed by atoms with Crippen molar-refractivity contribution in [2.45, 2.75) is 40.3 Å². The number of pyridine rings is 1. The average Bonchev–Trinajstić information content (AvgIpc) is 3.26. The van der Waals surface area contributed by atoms with Crippen LogP contribution in [0.1, 0.15) is 45.2 Å². The molecule has 1 unspecified atom stereocenters. The molecule has 1 aliphatic heterocycles. The molecule has 0 saturated heterocycles. The van der Waals surface area contributed by atoms with Gasteiger partial charge >= 0.3 is 0 Å². The van der Waals surface area contributed by atoms with E-state index >= 15 is 0 Å². The van der Waals surface area contributed by atoms with E-state index in [1.165, 1.54) is 0 Å². The molecule has 7 heteroatoms. The summed E-state index contributed by atoms with van der Waals surface area (Å²) >= 11 is 0. The Morgan fingerprint density at radius 3 is 2.62 bits per heavy atom. The van der Waals surface area contributed by atoms with Gasteiger partial charge in [0.1, 0.15) is 12.0 Å². The lowest BCUT2D eigenvalue weighted by Crippen LogP contribution is -2.36. The maximum atomic E-state index is 4.86. The molecule has 1 aliphatic rings. The number of hydrazone groups is 1. The monoisotopic (exact) mass is 459 g/mol. The van der Waals surface area contributed by atoms with Crippen molar-refractivity contribution < 1.29 is 0 Å². The van der Waals surface area contributed by atoms with E-state index in [9.17, 15) is 0 Å². The normalized spacial score (nSPS) is 16.2. The van der Waals surface area contributed by atoms with Gasteiger partial charge in [0.15, 0.2) is 5.84 Å². The fraction of sp³-hybridized carbons (Fsp3) is 0.333. The van der Waals surface area contributed by atoms with Gasteiger partial charge in [-0.25, -0.2) is 9.98 Å². The zero-order valence-corrected chi connectivity index (χ0v) is 21.2. The maximum Gasteiger partial charge on any atom is 0.178 e. The first kappa shape index (κ1) is 26.7. The largest absolute Gasteiger partial charge is 0.301 e. The minimum atomic E-state index is -0.0481. The summed E-state index contributed by atoms with van der Waals surface area (Å²) in [5.41, 5.74) is 7.21. The van der Waals surface area contributed by atoms with Gasteiger partial charge < -0.3 is 5.43 Å². The van der Waals surface area contributed by atoms with E-state index in [0.717, 1.165) is 34.5 Å². The predicted octanol–water partition coefficient (Wildman–Crippen LogP) is 5.13. The van der Waals surface area contributed by atoms with Crippen molar-refractivity contribution in [2.24, 2.45) is 15.1 Å². The fourth-order valence-corrected chi connectivity index (χ4v) is 3.28. The molecule has 0 spiro atoms. The molecule has 0 saturated carbocycles. The summed E-state index contributed by atoms with van der Waals surface area (Å²) in [6.07, 6.45) is 12.8. The molecule has 0 radical (unpaired) electrons. The van der Waals surface area contributed by atoms with Crippen LogP contribution in [0.25, 0.3) is 11.1 Å². The van der Waals surface area contributed by atoms with E-state index in [1.54, 1.807) is 6.20 Å². The van der Waals surface area contributed by atoms with Gasteiger partial charge in [-0.05, 0) is 56.0 Å². The Balaban J connectivity index is 0.00000199. The van der Waals surface area contributed by atoms with Crippen LogP contribution in [-0.4, -0.2) is 60.2 Å². The fourth-order valence-electron chi connectivity index (χ4n) is 3.28. The van der Waals surface area contributed by atoms with Gasteiger partial charge in [-0.3, -0.25) is 9.99 Å². The van der Waals surface area contributed by atoms with Crippen molar-refractivity contribution in [3.05, 3.63) is 78.2 Å². The minimum Gasteiger partial charge on any atom is -0.301 e. The molecule has 7 nitrogen and oxygen atoms in total. The number of allylic oxidation sites excluding steroid dienone is 2. The highest BCUT2D eigenvalue weighted by Crippen LogP contribution is 2.24. The highest BCUT2D eigenvalue weighted by atomic mass is 15.6. The predicted molar refractivity (Wildman–Crippen MR) is 145 cm³/mol. The van der Waals surface area contributed by atoms with Crippen molar-refractivity contribution in [3.8, 4) is 11.1 Å². The Bertz CT molecular complexity index is 1040. The number of likely N-dealkylation sites (N-methyl/N-ethyl adjacent to an activating group) is 2. The van der Waals surface area contributed by atoms with Crippen LogP contribution < -0.4 is 5.43 Å². The SMILES string of the molecule is C=N/C(=N\N(C)C/C=C\C)c1cc(C2=NC(/C=C\CC)N(C)N2)cc(-c2cccnc2)c1.CC. The van der Waals surface area contributed by atoms with Crippen LogP contribution in [-0.2, 0) is 0 Å². The summed E-state index contributed by atoms with van der Waals surface area (Å²) in [5, 5.41) is 8.48. The molecule has 0 aliphatic carbocycles. The Kier molecular flexibility index (Phi) is 10.9. The lowest BCUT2D eigenvalue weighted by Gasteiger charge is -2.16. The van der Waals surface area contributed by atoms with E-state index in [0.29, 0.717) is 12.4 Å². The molecule has 0 bridgehead atoms. The number of hydrogen-bond acceptors (Lipinski definition) is 6. The molecule has 180 valence electrons. The highest BCUT2D eigenvalue weighted by molar-refractivity contribution is 6.06. The summed E-state index contributed by atoms with van der Waals surface area (Å²) in [6, 6.07) is 10.2. The molecule has 1 aromatic carbocycles. The van der Waals surface area contributed by atoms with Gasteiger partial charge in [-0.2, -0.15) is 10.1 Å². The number of hydrogen-bond donors (Lipinski definition) is 1. The van der Waals surface area contributed by atoms with Gasteiger partial charge in [-0.1, -0.05) is 45.1 Å². The number of aliphatic imine (C=N–C) groups is 2. The van der Waals surface area contributed by atoms with E-state index in [2.05, 4.69) is 58.4 Å². The molecular weight excluding hydrogens is 422 g/mol. The Morgan fingerprint density at radius 1 is 1.21 bits per heavy atom. The number of aromatic nitrogens is 1. The molecule has 2 heterocycles. The van der Waals surface area contributed by atoms with Gasteiger partial charge in [0.25, 0.3) is 0 Å². The summed E-state index contributed by atoms with van der Waals surface area (Å²) in [4.78, 5) is 13.4. The third-order valence-electron chi connectivity index (χ3n) is 4.96. The number of benzene rings is 1. The first-order valence-corrected chi connectivity index (χ1v) is 11.7. The van der Waals surface area contributed by atoms with Crippen molar-refractivity contribution in [1.29, 1.82) is 0 Å². The van der Waals surface area contributed by atoms with Crippen LogP contribution in [0.3, 0.4) is 0 Å². The molecule has 34 heavy (non-hydrogen) atoms. The van der Waals surface area contributed by atoms with Gasteiger partial charge in [0, 0.05) is 43.2 Å². The average molecular weight is 460 g/mol. The van der Waals surface area contributed by atoms with Gasteiger partial charge in [0.2, 0.25) is 0 Å². The number of rotatable bonds is 8. The van der Waals surface area contributed by atoms with Crippen molar-refractivity contribution in [3.63, 3.8) is 0 Å². The van der Waals surface area contributed by atoms with Crippen LogP contribution in [0.15, 0.2) is 82.1 Å². The summed E-state index contributed by atoms with van der Waals surface area (Å²) in [5.74, 6) is 1.36. The van der Waals surface area contributed by atoms with Gasteiger partial charge in [0.05, 0.1) is 6.54 Å². The standard InChI is InChI=1S/C25H31N7.C2H6/c1-6-8-12-23-28-25(30-32(23)5)22-16-20(19-11-10-13-27-18-19)15-21(17-22)24(26-3)29-31(4)14-9-7-2;1-2/h7-13,15-18,23H,3,6,14H2,1-2,4-5H3,(H,28,30);1-2H3/b9-7-,12-8-,29-24-;. The molecule has 2 aromatic rings. The van der Waals surface area contributed by atoms with Crippen LogP contribution in [0.5, 0.6) is 0 Å². The first-order valence-electron chi connectivity index (χ1n) is 11.7. The third-order valence-corrected chi connectivity index (χ3v) is 4.96. The van der Waals surface area contributed by atoms with E-state index < -0.39 is 0 Å². The number of nitrogens with one attached hydrogen (secondary N) is 1. The van der Waals surface area contributed by atoms with Crippen LogP contribution in [0.2, 0.25) is 0 Å². The summed E-state index contributed by atoms with van der Waals surface area (Å²) in [6.45, 7) is 12.6. The lowest BCUT2D eigenvalue weighted by molar-refractivity contribution is 0.277. The van der Waals surface area contributed by atoms with Crippen molar-refractivity contribution in [2.75, 3.05) is 20.6 Å². The Labute approximate surface area is 204 Å². The molecule has 1 N–H and O–H groups in total. The first-order chi connectivity index (χ1) is 16.5. The van der Waals surface area contributed by atoms with Crippen molar-refractivity contribution in [1.82, 2.24) is 20.4 Å². The van der Waals surface area contributed by atoms with E-state index in [4.69, 9.17) is 4.99 Å². The molecule has 1 atom stereocenters. The number of amidine groups is 2. The molecular formula is C27H37N7. The van der Waals surface area contributed by atoms with E-state index in [-0.39, 0.29) is 6.17 Å². The topological polar surface area (TPSA) is 68.5 Å². The molecule has 0 amide bonds. The van der Waals surface area contributed by atoms with E-state index in [1.807, 2.05) is 81.4 Å². The highest BCUT2D eigenvalue weighted by Gasteiger charge is 2.22. The maximum absolute atomic E-state index is 4.86. The molecule has 1 aromatic heterocycles. The van der Waals surface area contributed by atoms with Crippen LogP contribution >= 0.6 is 0 Å². The zero-order valence-electron chi connectivity index (χ0n) is 21.2. The Hall–Kier alpha value is -3.58. The summed E-state index contributed by atoms with van der Waals surface area (Å²) in [7, 11) is 3.90. The van der Waals surface area contributed by atoms with Crippen LogP contribution in [0, 0.1) is 0 Å². The second-order valence-corrected chi connectivity index (χ2v) is 7.48. The zero-order chi connectivity index (χ0) is 24.9. The quantitative estimate of drug-likeness (QED) is 0.257. The second-order valence-electron chi connectivity index (χ2n) is 7.48. The Morgan fingerprint density at radius 2 is 1.97 bits per heavy atom. The smallest absolute Gasteiger partial charge is 0.178 e. The number of hydrazine groups is 1. The summed E-state index contributed by atoms with van der Waals surface area (Å²) < 4.78 is 0. The number of nitrogens with zero attached hydrogens (tertiary/aromatic N) is 6. The third kappa shape index (κ3) is 7.22. The molecule has 0 fully saturated rings. The second kappa shape index (κ2) is 13.9. The minimum absolute atomic E-state index is 0.0481.